The lowest BCUT2D eigenvalue weighted by atomic mass is 9.85. The zero-order valence-electron chi connectivity index (χ0n) is 18.1. The van der Waals surface area contributed by atoms with Crippen LogP contribution in [0.3, 0.4) is 0 Å². The standard InChI is InChI=1S/C26H24N2O4/c1-3-15-17-12-28-21(11-19-18(24(28)29)13-32-25(30)26(19,31)4-2)23(17)27-20-10-9-14-7-5-6-8-16(14)22(15)20/h5-11,25,30-31H,3-4,12-13H2,1-2H3/t25?,26-/m0/s1. The van der Waals surface area contributed by atoms with Crippen molar-refractivity contribution in [2.45, 2.75) is 51.7 Å². The third-order valence-corrected chi connectivity index (χ3v) is 7.20. The number of aromatic nitrogens is 2. The molecule has 0 bridgehead atoms. The van der Waals surface area contributed by atoms with Crippen molar-refractivity contribution in [2.24, 2.45) is 0 Å². The molecule has 32 heavy (non-hydrogen) atoms. The van der Waals surface area contributed by atoms with E-state index in [9.17, 15) is 15.0 Å². The Morgan fingerprint density at radius 3 is 2.78 bits per heavy atom. The summed E-state index contributed by atoms with van der Waals surface area (Å²) in [6.07, 6.45) is -0.322. The largest absolute Gasteiger partial charge is 0.380 e. The maximum Gasteiger partial charge on any atom is 0.257 e. The molecule has 4 aromatic rings. The Balaban J connectivity index is 1.68. The number of benzene rings is 2. The Kier molecular flexibility index (Phi) is 4.12. The van der Waals surface area contributed by atoms with Gasteiger partial charge in [0.1, 0.15) is 5.60 Å². The summed E-state index contributed by atoms with van der Waals surface area (Å²) in [5.74, 6) is 0. The highest BCUT2D eigenvalue weighted by molar-refractivity contribution is 6.09. The molecular formula is C26H24N2O4. The molecule has 0 radical (unpaired) electrons. The molecule has 2 aliphatic heterocycles. The average Bonchev–Trinajstić information content (AvgIpc) is 3.19. The maximum absolute atomic E-state index is 13.5. The van der Waals surface area contributed by atoms with Crippen LogP contribution in [0.4, 0.5) is 0 Å². The minimum Gasteiger partial charge on any atom is -0.380 e. The summed E-state index contributed by atoms with van der Waals surface area (Å²) < 4.78 is 7.09. The first kappa shape index (κ1) is 19.6. The zero-order valence-corrected chi connectivity index (χ0v) is 18.1. The maximum atomic E-state index is 13.5. The fourth-order valence-electron chi connectivity index (χ4n) is 5.45. The predicted molar refractivity (Wildman–Crippen MR) is 122 cm³/mol. The summed E-state index contributed by atoms with van der Waals surface area (Å²) >= 11 is 0. The van der Waals surface area contributed by atoms with Gasteiger partial charge in [-0.25, -0.2) is 4.98 Å². The summed E-state index contributed by atoms with van der Waals surface area (Å²) in [5, 5.41) is 25.0. The van der Waals surface area contributed by atoms with Gasteiger partial charge >= 0.3 is 0 Å². The van der Waals surface area contributed by atoms with E-state index in [4.69, 9.17) is 9.72 Å². The van der Waals surface area contributed by atoms with Crippen LogP contribution in [0, 0.1) is 0 Å². The first-order chi connectivity index (χ1) is 15.5. The van der Waals surface area contributed by atoms with Gasteiger partial charge in [-0.3, -0.25) is 4.79 Å². The van der Waals surface area contributed by atoms with Crippen molar-refractivity contribution in [3.63, 3.8) is 0 Å². The summed E-state index contributed by atoms with van der Waals surface area (Å²) in [5.41, 5.74) is 3.66. The molecule has 0 aliphatic carbocycles. The molecule has 162 valence electrons. The molecule has 0 spiro atoms. The average molecular weight is 428 g/mol. The van der Waals surface area contributed by atoms with Crippen LogP contribution >= 0.6 is 0 Å². The normalized spacial score (nSPS) is 21.6. The lowest BCUT2D eigenvalue weighted by Crippen LogP contribution is -2.47. The molecular weight excluding hydrogens is 404 g/mol. The highest BCUT2D eigenvalue weighted by atomic mass is 16.6. The Hall–Kier alpha value is -3.06. The second-order valence-electron chi connectivity index (χ2n) is 8.71. The summed E-state index contributed by atoms with van der Waals surface area (Å²) in [4.78, 5) is 18.5. The number of hydrogen-bond acceptors (Lipinski definition) is 5. The molecule has 0 amide bonds. The second kappa shape index (κ2) is 6.72. The topological polar surface area (TPSA) is 84.6 Å². The van der Waals surface area contributed by atoms with E-state index < -0.39 is 11.9 Å². The van der Waals surface area contributed by atoms with Crippen LogP contribution in [0.25, 0.3) is 33.1 Å². The van der Waals surface area contributed by atoms with Crippen LogP contribution in [0.2, 0.25) is 0 Å². The van der Waals surface area contributed by atoms with E-state index in [0.29, 0.717) is 23.4 Å². The fraction of sp³-hybridized carbons (Fsp3) is 0.308. The number of nitrogens with zero attached hydrogens (tertiary/aromatic N) is 2. The SMILES string of the molecule is CCc1c2c(nc3ccc4ccccc4c13)-c1cc3c(c(=O)n1C2)COC(O)[C@]3(O)CC. The van der Waals surface area contributed by atoms with E-state index in [0.717, 1.165) is 34.0 Å². The van der Waals surface area contributed by atoms with Gasteiger partial charge in [-0.15, -0.1) is 0 Å². The molecule has 2 N–H and O–H groups in total. The molecule has 6 rings (SSSR count). The third-order valence-electron chi connectivity index (χ3n) is 7.20. The lowest BCUT2D eigenvalue weighted by molar-refractivity contribution is -0.236. The van der Waals surface area contributed by atoms with Crippen molar-refractivity contribution >= 4 is 21.7 Å². The molecule has 4 heterocycles. The van der Waals surface area contributed by atoms with Gasteiger partial charge in [0.05, 0.1) is 30.1 Å². The minimum absolute atomic E-state index is 0.0189. The number of fused-ring (bicyclic) bond motifs is 7. The van der Waals surface area contributed by atoms with E-state index in [-0.39, 0.29) is 18.6 Å². The first-order valence-electron chi connectivity index (χ1n) is 11.1. The third kappa shape index (κ3) is 2.40. The quantitative estimate of drug-likeness (QED) is 0.420. The lowest BCUT2D eigenvalue weighted by Gasteiger charge is -2.37. The second-order valence-corrected chi connectivity index (χ2v) is 8.71. The van der Waals surface area contributed by atoms with Crippen LogP contribution in [-0.4, -0.2) is 26.1 Å². The molecule has 0 fully saturated rings. The van der Waals surface area contributed by atoms with Crippen molar-refractivity contribution < 1.29 is 14.9 Å². The number of ether oxygens (including phenoxy) is 1. The molecule has 6 heteroatoms. The number of aliphatic hydroxyl groups excluding tert-OH is 1. The fourth-order valence-corrected chi connectivity index (χ4v) is 5.45. The van der Waals surface area contributed by atoms with Gasteiger partial charge in [-0.1, -0.05) is 44.2 Å². The van der Waals surface area contributed by atoms with Crippen LogP contribution in [0.15, 0.2) is 47.3 Å². The van der Waals surface area contributed by atoms with Gasteiger partial charge in [0.2, 0.25) is 0 Å². The Morgan fingerprint density at radius 1 is 1.19 bits per heavy atom. The number of pyridine rings is 2. The van der Waals surface area contributed by atoms with Gasteiger partial charge in [0, 0.05) is 22.1 Å². The molecule has 0 saturated carbocycles. The van der Waals surface area contributed by atoms with E-state index in [2.05, 4.69) is 25.1 Å². The summed E-state index contributed by atoms with van der Waals surface area (Å²) in [7, 11) is 0. The van der Waals surface area contributed by atoms with E-state index in [1.54, 1.807) is 11.5 Å². The molecule has 2 aromatic carbocycles. The smallest absolute Gasteiger partial charge is 0.257 e. The summed E-state index contributed by atoms with van der Waals surface area (Å²) in [6, 6.07) is 14.2. The molecule has 6 nitrogen and oxygen atoms in total. The highest BCUT2D eigenvalue weighted by Crippen LogP contribution is 2.42. The van der Waals surface area contributed by atoms with Crippen molar-refractivity contribution in [2.75, 3.05) is 0 Å². The molecule has 2 aliphatic rings. The molecule has 2 aromatic heterocycles. The van der Waals surface area contributed by atoms with Crippen LogP contribution < -0.4 is 5.56 Å². The summed E-state index contributed by atoms with van der Waals surface area (Å²) in [6.45, 7) is 4.33. The van der Waals surface area contributed by atoms with Crippen LogP contribution in [0.1, 0.15) is 42.5 Å². The van der Waals surface area contributed by atoms with Crippen LogP contribution in [0.5, 0.6) is 0 Å². The number of rotatable bonds is 2. The number of aryl methyl sites for hydroxylation is 1. The number of hydrogen-bond donors (Lipinski definition) is 2. The monoisotopic (exact) mass is 428 g/mol. The van der Waals surface area contributed by atoms with Crippen molar-refractivity contribution in [1.82, 2.24) is 9.55 Å². The van der Waals surface area contributed by atoms with Gasteiger partial charge < -0.3 is 19.5 Å². The van der Waals surface area contributed by atoms with Gasteiger partial charge in [-0.05, 0) is 41.3 Å². The predicted octanol–water partition coefficient (Wildman–Crippen LogP) is 3.59. The van der Waals surface area contributed by atoms with E-state index in [1.807, 2.05) is 24.3 Å². The Labute approximate surface area is 184 Å². The molecule has 0 saturated heterocycles. The first-order valence-corrected chi connectivity index (χ1v) is 11.1. The van der Waals surface area contributed by atoms with Crippen molar-refractivity contribution in [3.05, 3.63) is 75.1 Å². The van der Waals surface area contributed by atoms with Gasteiger partial charge in [0.25, 0.3) is 5.56 Å². The Bertz CT molecular complexity index is 1490. The molecule has 2 atom stereocenters. The van der Waals surface area contributed by atoms with Gasteiger partial charge in [0.15, 0.2) is 6.29 Å². The van der Waals surface area contributed by atoms with Crippen LogP contribution in [-0.2, 0) is 29.9 Å². The Morgan fingerprint density at radius 2 is 2.00 bits per heavy atom. The highest BCUT2D eigenvalue weighted by Gasteiger charge is 2.44. The van der Waals surface area contributed by atoms with Crippen molar-refractivity contribution in [3.8, 4) is 11.4 Å². The number of aliphatic hydroxyl groups is 2. The van der Waals surface area contributed by atoms with E-state index in [1.165, 1.54) is 10.9 Å². The van der Waals surface area contributed by atoms with Crippen molar-refractivity contribution in [1.29, 1.82) is 0 Å². The zero-order chi connectivity index (χ0) is 22.2. The minimum atomic E-state index is -1.62. The van der Waals surface area contributed by atoms with Gasteiger partial charge in [-0.2, -0.15) is 0 Å². The van der Waals surface area contributed by atoms with E-state index >= 15 is 0 Å². The molecule has 1 unspecified atom stereocenters.